The van der Waals surface area contributed by atoms with Crippen molar-refractivity contribution in [3.05, 3.63) is 35.8 Å². The largest absolute Gasteiger partial charge is 0.396 e. The van der Waals surface area contributed by atoms with Gasteiger partial charge in [-0.15, -0.1) is 11.8 Å². The van der Waals surface area contributed by atoms with E-state index in [0.717, 1.165) is 11.3 Å². The van der Waals surface area contributed by atoms with Crippen LogP contribution in [-0.2, 0) is 10.5 Å². The number of carbonyl (C=O) groups is 1. The van der Waals surface area contributed by atoms with E-state index in [9.17, 15) is 4.79 Å². The molecular weight excluding hydrogens is 322 g/mol. The highest BCUT2D eigenvalue weighted by Gasteiger charge is 2.25. The maximum Gasteiger partial charge on any atom is 0.230 e. The Hall–Kier alpha value is -1.53. The molecule has 2 N–H and O–H groups in total. The Bertz CT molecular complexity index is 691. The van der Waals surface area contributed by atoms with Crippen LogP contribution in [0.2, 0.25) is 0 Å². The number of nitrogens with one attached hydrogen (secondary N) is 1. The number of aromatic nitrogens is 2. The van der Waals surface area contributed by atoms with Gasteiger partial charge < -0.3 is 14.8 Å². The SMILES string of the molecule is Cc1ccc2nc(CSCC(=O)NC(CCO)C(C)(C)C)cn2c1. The fraction of sp³-hybridized carbons (Fsp3) is 0.556. The summed E-state index contributed by atoms with van der Waals surface area (Å²) in [6.45, 7) is 8.34. The number of carbonyl (C=O) groups excluding carboxylic acids is 1. The molecule has 2 heterocycles. The standard InChI is InChI=1S/C18H27N3O2S/c1-13-5-6-16-19-14(10-21(16)9-13)11-24-12-17(23)20-15(7-8-22)18(2,3)4/h5-6,9-10,15,22H,7-8,11-12H2,1-4H3,(H,20,23). The molecule has 1 amide bonds. The van der Waals surface area contributed by atoms with Crippen molar-refractivity contribution >= 4 is 23.3 Å². The first-order valence-electron chi connectivity index (χ1n) is 8.22. The van der Waals surface area contributed by atoms with Gasteiger partial charge in [-0.2, -0.15) is 0 Å². The van der Waals surface area contributed by atoms with E-state index in [2.05, 4.69) is 38.0 Å². The first-order chi connectivity index (χ1) is 11.3. The summed E-state index contributed by atoms with van der Waals surface area (Å²) in [6, 6.07) is 4.02. The quantitative estimate of drug-likeness (QED) is 0.807. The second-order valence-electron chi connectivity index (χ2n) is 7.20. The Morgan fingerprint density at radius 1 is 1.38 bits per heavy atom. The normalized spacial score (nSPS) is 13.2. The van der Waals surface area contributed by atoms with Crippen LogP contribution >= 0.6 is 11.8 Å². The van der Waals surface area contributed by atoms with Gasteiger partial charge in [0.1, 0.15) is 5.65 Å². The molecule has 0 aliphatic carbocycles. The molecular formula is C18H27N3O2S. The van der Waals surface area contributed by atoms with Crippen molar-refractivity contribution in [2.45, 2.75) is 45.9 Å². The highest BCUT2D eigenvalue weighted by Crippen LogP contribution is 2.22. The average Bonchev–Trinajstić information content (AvgIpc) is 2.87. The van der Waals surface area contributed by atoms with E-state index >= 15 is 0 Å². The molecule has 1 unspecified atom stereocenters. The zero-order valence-corrected chi connectivity index (χ0v) is 15.7. The lowest BCUT2D eigenvalue weighted by Crippen LogP contribution is -2.45. The van der Waals surface area contributed by atoms with E-state index < -0.39 is 0 Å². The summed E-state index contributed by atoms with van der Waals surface area (Å²) in [7, 11) is 0. The van der Waals surface area contributed by atoms with Crippen molar-refractivity contribution in [2.24, 2.45) is 5.41 Å². The van der Waals surface area contributed by atoms with Gasteiger partial charge in [0.15, 0.2) is 0 Å². The van der Waals surface area contributed by atoms with Crippen molar-refractivity contribution in [3.8, 4) is 0 Å². The molecule has 0 saturated heterocycles. The first-order valence-corrected chi connectivity index (χ1v) is 9.37. The summed E-state index contributed by atoms with van der Waals surface area (Å²) < 4.78 is 2.02. The van der Waals surface area contributed by atoms with Gasteiger partial charge in [-0.1, -0.05) is 26.8 Å². The van der Waals surface area contributed by atoms with Gasteiger partial charge in [0.05, 0.1) is 11.4 Å². The lowest BCUT2D eigenvalue weighted by atomic mass is 9.85. The predicted octanol–water partition coefficient (Wildman–Crippen LogP) is 2.79. The van der Waals surface area contributed by atoms with Crippen LogP contribution in [0.25, 0.3) is 5.65 Å². The number of hydrogen-bond donors (Lipinski definition) is 2. The molecule has 2 rings (SSSR count). The number of thioether (sulfide) groups is 1. The minimum Gasteiger partial charge on any atom is -0.396 e. The fourth-order valence-corrected chi connectivity index (χ4v) is 3.28. The van der Waals surface area contributed by atoms with Crippen LogP contribution in [0.5, 0.6) is 0 Å². The topological polar surface area (TPSA) is 66.6 Å². The molecule has 24 heavy (non-hydrogen) atoms. The van der Waals surface area contributed by atoms with Crippen LogP contribution in [0.15, 0.2) is 24.5 Å². The molecule has 0 aliphatic heterocycles. The molecule has 0 bridgehead atoms. The molecule has 0 saturated carbocycles. The molecule has 0 radical (unpaired) electrons. The van der Waals surface area contributed by atoms with Gasteiger partial charge in [0, 0.05) is 30.8 Å². The van der Waals surface area contributed by atoms with E-state index in [1.54, 1.807) is 11.8 Å². The van der Waals surface area contributed by atoms with Crippen LogP contribution in [0, 0.1) is 12.3 Å². The average molecular weight is 350 g/mol. The number of hydrogen-bond acceptors (Lipinski definition) is 4. The van der Waals surface area contributed by atoms with Crippen molar-refractivity contribution in [3.63, 3.8) is 0 Å². The fourth-order valence-electron chi connectivity index (χ4n) is 2.56. The third-order valence-electron chi connectivity index (χ3n) is 3.93. The van der Waals surface area contributed by atoms with Crippen molar-refractivity contribution in [1.29, 1.82) is 0 Å². The van der Waals surface area contributed by atoms with E-state index in [4.69, 9.17) is 5.11 Å². The van der Waals surface area contributed by atoms with Gasteiger partial charge in [-0.25, -0.2) is 4.98 Å². The van der Waals surface area contributed by atoms with Gasteiger partial charge in [-0.05, 0) is 30.4 Å². The summed E-state index contributed by atoms with van der Waals surface area (Å²) >= 11 is 1.55. The number of aryl methyl sites for hydroxylation is 1. The lowest BCUT2D eigenvalue weighted by Gasteiger charge is -2.31. The Morgan fingerprint density at radius 3 is 2.79 bits per heavy atom. The van der Waals surface area contributed by atoms with Gasteiger partial charge in [0.25, 0.3) is 0 Å². The number of pyridine rings is 1. The molecule has 5 nitrogen and oxygen atoms in total. The second-order valence-corrected chi connectivity index (χ2v) is 8.18. The Morgan fingerprint density at radius 2 is 2.12 bits per heavy atom. The Kier molecular flexibility index (Phi) is 6.29. The van der Waals surface area contributed by atoms with Crippen LogP contribution < -0.4 is 5.32 Å². The maximum absolute atomic E-state index is 12.1. The minimum absolute atomic E-state index is 0.00739. The predicted molar refractivity (Wildman–Crippen MR) is 99.2 cm³/mol. The van der Waals surface area contributed by atoms with Gasteiger partial charge in [0.2, 0.25) is 5.91 Å². The van der Waals surface area contributed by atoms with Crippen LogP contribution in [0.1, 0.15) is 38.4 Å². The number of imidazole rings is 1. The van der Waals surface area contributed by atoms with Crippen molar-refractivity contribution < 1.29 is 9.90 Å². The van der Waals surface area contributed by atoms with Gasteiger partial charge >= 0.3 is 0 Å². The van der Waals surface area contributed by atoms with Crippen LogP contribution in [-0.4, -0.2) is 38.8 Å². The zero-order valence-electron chi connectivity index (χ0n) is 14.9. The maximum atomic E-state index is 12.1. The first kappa shape index (κ1) is 18.8. The molecule has 0 fully saturated rings. The molecule has 1 atom stereocenters. The highest BCUT2D eigenvalue weighted by atomic mass is 32.2. The third-order valence-corrected chi connectivity index (χ3v) is 4.90. The smallest absolute Gasteiger partial charge is 0.230 e. The summed E-state index contributed by atoms with van der Waals surface area (Å²) in [5.41, 5.74) is 3.02. The summed E-state index contributed by atoms with van der Waals surface area (Å²) in [6.07, 6.45) is 4.63. The van der Waals surface area contributed by atoms with Crippen LogP contribution in [0.3, 0.4) is 0 Å². The molecule has 6 heteroatoms. The number of amides is 1. The third kappa shape index (κ3) is 5.24. The minimum atomic E-state index is -0.0670. The van der Waals surface area contributed by atoms with E-state index in [1.165, 1.54) is 5.56 Å². The van der Waals surface area contributed by atoms with Crippen molar-refractivity contribution in [1.82, 2.24) is 14.7 Å². The lowest BCUT2D eigenvalue weighted by molar-refractivity contribution is -0.120. The summed E-state index contributed by atoms with van der Waals surface area (Å²) in [5.74, 6) is 1.10. The molecule has 0 spiro atoms. The molecule has 0 aliphatic rings. The van der Waals surface area contributed by atoms with Gasteiger partial charge in [-0.3, -0.25) is 4.79 Å². The van der Waals surface area contributed by atoms with E-state index in [0.29, 0.717) is 17.9 Å². The molecule has 0 aromatic carbocycles. The number of nitrogens with zero attached hydrogens (tertiary/aromatic N) is 2. The van der Waals surface area contributed by atoms with Crippen LogP contribution in [0.4, 0.5) is 0 Å². The molecule has 2 aromatic heterocycles. The zero-order chi connectivity index (χ0) is 17.7. The summed E-state index contributed by atoms with van der Waals surface area (Å²) in [5, 5.41) is 12.2. The number of aliphatic hydroxyl groups is 1. The number of fused-ring (bicyclic) bond motifs is 1. The summed E-state index contributed by atoms with van der Waals surface area (Å²) in [4.78, 5) is 16.7. The molecule has 2 aromatic rings. The van der Waals surface area contributed by atoms with Crippen molar-refractivity contribution in [2.75, 3.05) is 12.4 Å². The molecule has 132 valence electrons. The Balaban J connectivity index is 1.84. The van der Waals surface area contributed by atoms with E-state index in [1.807, 2.05) is 28.9 Å². The monoisotopic (exact) mass is 349 g/mol. The van der Waals surface area contributed by atoms with E-state index in [-0.39, 0.29) is 24.0 Å². The number of rotatable bonds is 7. The second kappa shape index (κ2) is 8.03. The number of aliphatic hydroxyl groups excluding tert-OH is 1. The Labute approximate surface area is 147 Å². The highest BCUT2D eigenvalue weighted by molar-refractivity contribution is 7.99.